The van der Waals surface area contributed by atoms with Crippen LogP contribution >= 0.6 is 0 Å². The van der Waals surface area contributed by atoms with Crippen molar-refractivity contribution in [2.75, 3.05) is 13.2 Å². The Bertz CT molecular complexity index is 1040. The van der Waals surface area contributed by atoms with Crippen molar-refractivity contribution in [2.24, 2.45) is 0 Å². The van der Waals surface area contributed by atoms with Crippen LogP contribution < -0.4 is 5.32 Å². The highest BCUT2D eigenvalue weighted by molar-refractivity contribution is 5.82. The average Bonchev–Trinajstić information content (AvgIpc) is 2.79. The number of benzene rings is 2. The predicted octanol–water partition coefficient (Wildman–Crippen LogP) is 3.34. The van der Waals surface area contributed by atoms with Gasteiger partial charge in [-0.25, -0.2) is 9.18 Å². The van der Waals surface area contributed by atoms with Crippen LogP contribution in [-0.4, -0.2) is 59.0 Å². The summed E-state index contributed by atoms with van der Waals surface area (Å²) in [5, 5.41) is 13.0. The summed E-state index contributed by atoms with van der Waals surface area (Å²) in [6.07, 6.45) is -1.63. The van der Waals surface area contributed by atoms with Crippen molar-refractivity contribution in [1.29, 1.82) is 0 Å². The van der Waals surface area contributed by atoms with Crippen LogP contribution in [0, 0.1) is 5.82 Å². The molecule has 0 unspecified atom stereocenters. The summed E-state index contributed by atoms with van der Waals surface area (Å²) in [6.45, 7) is 5.66. The summed E-state index contributed by atoms with van der Waals surface area (Å²) in [6, 6.07) is 13.0. The van der Waals surface area contributed by atoms with Crippen LogP contribution in [-0.2, 0) is 20.7 Å². The molecule has 2 N–H and O–H groups in total. The van der Waals surface area contributed by atoms with E-state index in [1.54, 1.807) is 37.8 Å². The number of aliphatic hydroxyl groups excluding tert-OH is 1. The number of nitrogens with one attached hydrogen (secondary N) is 1. The number of carbonyl (C=O) groups excluding carboxylic acids is 2. The Morgan fingerprint density at radius 2 is 1.85 bits per heavy atom. The van der Waals surface area contributed by atoms with Crippen LogP contribution in [0.1, 0.15) is 49.9 Å². The third kappa shape index (κ3) is 5.39. The molecule has 0 aromatic heterocycles. The van der Waals surface area contributed by atoms with Gasteiger partial charge in [0.15, 0.2) is 0 Å². The van der Waals surface area contributed by atoms with E-state index in [1.165, 1.54) is 12.1 Å². The van der Waals surface area contributed by atoms with Crippen molar-refractivity contribution in [3.8, 4) is 0 Å². The topological polar surface area (TPSA) is 88.1 Å². The molecule has 0 aliphatic carbocycles. The van der Waals surface area contributed by atoms with Gasteiger partial charge in [-0.05, 0) is 56.0 Å². The molecule has 4 atom stereocenters. The average molecular weight is 471 g/mol. The second-order valence-electron chi connectivity index (χ2n) is 9.81. The van der Waals surface area contributed by atoms with Gasteiger partial charge in [0.05, 0.1) is 24.8 Å². The molecule has 0 bridgehead atoms. The van der Waals surface area contributed by atoms with Crippen molar-refractivity contribution >= 4 is 12.0 Å². The van der Waals surface area contributed by atoms with E-state index in [9.17, 15) is 19.1 Å². The van der Waals surface area contributed by atoms with Crippen molar-refractivity contribution in [1.82, 2.24) is 10.2 Å². The Hall–Kier alpha value is -2.97. The Morgan fingerprint density at radius 1 is 1.15 bits per heavy atom. The lowest BCUT2D eigenvalue weighted by Gasteiger charge is -2.41. The van der Waals surface area contributed by atoms with Crippen LogP contribution in [0.15, 0.2) is 48.5 Å². The molecule has 1 saturated heterocycles. The maximum atomic E-state index is 13.7. The SMILES string of the molecule is CC(C)(C)OC(=O)N[C@H]1C[C@@H](C(=O)N2CCc3ccccc3[C@@H]2c2ccc(F)cc2)OC[C@H]1O. The van der Waals surface area contributed by atoms with E-state index >= 15 is 0 Å². The van der Waals surface area contributed by atoms with Crippen LogP contribution in [0.3, 0.4) is 0 Å². The molecule has 2 aromatic carbocycles. The van der Waals surface area contributed by atoms with Crippen LogP contribution in [0.25, 0.3) is 0 Å². The zero-order valence-electron chi connectivity index (χ0n) is 19.7. The van der Waals surface area contributed by atoms with Crippen LogP contribution in [0.2, 0.25) is 0 Å². The van der Waals surface area contributed by atoms with E-state index in [0.717, 1.165) is 16.7 Å². The Morgan fingerprint density at radius 3 is 2.56 bits per heavy atom. The third-order valence-corrected chi connectivity index (χ3v) is 6.13. The molecule has 7 nitrogen and oxygen atoms in total. The highest BCUT2D eigenvalue weighted by atomic mass is 19.1. The zero-order chi connectivity index (χ0) is 24.5. The summed E-state index contributed by atoms with van der Waals surface area (Å²) < 4.78 is 24.6. The molecular formula is C26H31FN2O5. The number of nitrogens with zero attached hydrogens (tertiary/aromatic N) is 1. The number of halogens is 1. The van der Waals surface area contributed by atoms with Crippen LogP contribution in [0.5, 0.6) is 0 Å². The monoisotopic (exact) mass is 470 g/mol. The summed E-state index contributed by atoms with van der Waals surface area (Å²) in [5.41, 5.74) is 2.26. The molecule has 2 amide bonds. The first-order valence-corrected chi connectivity index (χ1v) is 11.6. The molecule has 1 fully saturated rings. The molecule has 2 heterocycles. The van der Waals surface area contributed by atoms with Gasteiger partial charge in [-0.1, -0.05) is 36.4 Å². The van der Waals surface area contributed by atoms with Crippen molar-refractivity contribution < 1.29 is 28.6 Å². The van der Waals surface area contributed by atoms with E-state index in [2.05, 4.69) is 5.32 Å². The lowest BCUT2D eigenvalue weighted by molar-refractivity contribution is -0.155. The standard InChI is InChI=1S/C26H31FN2O5/c1-26(2,3)34-25(32)28-20-14-22(33-15-21(20)30)24(31)29-13-12-16-6-4-5-7-19(16)23(29)17-8-10-18(27)11-9-17/h4-11,20-23,30H,12-15H2,1-3H3,(H,28,32)/t20-,21+,22-,23-/m0/s1. The van der Waals surface area contributed by atoms with Gasteiger partial charge in [-0.15, -0.1) is 0 Å². The van der Waals surface area contributed by atoms with Gasteiger partial charge in [-0.3, -0.25) is 4.79 Å². The minimum Gasteiger partial charge on any atom is -0.444 e. The van der Waals surface area contributed by atoms with Gasteiger partial charge in [0.1, 0.15) is 17.5 Å². The van der Waals surface area contributed by atoms with E-state index in [-0.39, 0.29) is 30.8 Å². The Kier molecular flexibility index (Phi) is 6.91. The summed E-state index contributed by atoms with van der Waals surface area (Å²) in [5.74, 6) is -0.571. The first-order chi connectivity index (χ1) is 16.1. The number of carbonyl (C=O) groups is 2. The fourth-order valence-corrected chi connectivity index (χ4v) is 4.57. The molecule has 4 rings (SSSR count). The number of aliphatic hydroxyl groups is 1. The number of alkyl carbamates (subject to hydrolysis) is 1. The number of hydrogen-bond donors (Lipinski definition) is 2. The molecule has 0 saturated carbocycles. The molecule has 182 valence electrons. The van der Waals surface area contributed by atoms with Gasteiger partial charge in [0, 0.05) is 13.0 Å². The largest absolute Gasteiger partial charge is 0.444 e. The highest BCUT2D eigenvalue weighted by Crippen LogP contribution is 2.36. The zero-order valence-corrected chi connectivity index (χ0v) is 19.7. The number of amides is 2. The predicted molar refractivity (Wildman–Crippen MR) is 124 cm³/mol. The van der Waals surface area contributed by atoms with E-state index in [4.69, 9.17) is 9.47 Å². The smallest absolute Gasteiger partial charge is 0.407 e. The number of ether oxygens (including phenoxy) is 2. The van der Waals surface area contributed by atoms with Gasteiger partial charge in [-0.2, -0.15) is 0 Å². The molecule has 34 heavy (non-hydrogen) atoms. The molecular weight excluding hydrogens is 439 g/mol. The van der Waals surface area contributed by atoms with Crippen molar-refractivity contribution in [3.05, 3.63) is 71.0 Å². The first-order valence-electron chi connectivity index (χ1n) is 11.6. The fourth-order valence-electron chi connectivity index (χ4n) is 4.57. The molecule has 8 heteroatoms. The summed E-state index contributed by atoms with van der Waals surface area (Å²) in [7, 11) is 0. The molecule has 2 aliphatic rings. The quantitative estimate of drug-likeness (QED) is 0.719. The maximum absolute atomic E-state index is 13.7. The van der Waals surface area contributed by atoms with Crippen molar-refractivity contribution in [3.63, 3.8) is 0 Å². The Labute approximate surface area is 198 Å². The Balaban J connectivity index is 1.55. The first kappa shape index (κ1) is 24.2. The molecule has 2 aliphatic heterocycles. The molecule has 0 radical (unpaired) electrons. The van der Waals surface area contributed by atoms with Gasteiger partial charge in [0.2, 0.25) is 0 Å². The minimum absolute atomic E-state index is 0.0808. The number of fused-ring (bicyclic) bond motifs is 1. The second kappa shape index (κ2) is 9.72. The lowest BCUT2D eigenvalue weighted by Crippen LogP contribution is -2.56. The second-order valence-corrected chi connectivity index (χ2v) is 9.81. The summed E-state index contributed by atoms with van der Waals surface area (Å²) >= 11 is 0. The van der Waals surface area contributed by atoms with E-state index < -0.39 is 29.9 Å². The molecule has 2 aromatic rings. The third-order valence-electron chi connectivity index (χ3n) is 6.13. The fraction of sp³-hybridized carbons (Fsp3) is 0.462. The highest BCUT2D eigenvalue weighted by Gasteiger charge is 2.40. The maximum Gasteiger partial charge on any atom is 0.407 e. The van der Waals surface area contributed by atoms with E-state index in [0.29, 0.717) is 13.0 Å². The summed E-state index contributed by atoms with van der Waals surface area (Å²) in [4.78, 5) is 27.7. The van der Waals surface area contributed by atoms with Gasteiger partial charge in [0.25, 0.3) is 5.91 Å². The van der Waals surface area contributed by atoms with Gasteiger partial charge < -0.3 is 24.8 Å². The number of rotatable bonds is 3. The van der Waals surface area contributed by atoms with Crippen LogP contribution in [0.4, 0.5) is 9.18 Å². The van der Waals surface area contributed by atoms with Gasteiger partial charge >= 0.3 is 6.09 Å². The normalized spacial score (nSPS) is 24.8. The molecule has 0 spiro atoms. The number of hydrogen-bond acceptors (Lipinski definition) is 5. The van der Waals surface area contributed by atoms with Crippen molar-refractivity contribution in [2.45, 2.75) is 63.5 Å². The van der Waals surface area contributed by atoms with E-state index in [1.807, 2.05) is 24.3 Å². The minimum atomic E-state index is -0.952. The lowest BCUT2D eigenvalue weighted by atomic mass is 9.87.